The highest BCUT2D eigenvalue weighted by Crippen LogP contribution is 2.25. The fourth-order valence-electron chi connectivity index (χ4n) is 2.39. The molecule has 0 unspecified atom stereocenters. The van der Waals surface area contributed by atoms with Crippen molar-refractivity contribution in [3.63, 3.8) is 0 Å². The molecule has 0 heterocycles. The molecule has 2 amide bonds. The molecule has 0 aliphatic rings. The second-order valence-corrected chi connectivity index (χ2v) is 6.42. The zero-order valence-electron chi connectivity index (χ0n) is 14.7. The van der Waals surface area contributed by atoms with Crippen LogP contribution in [-0.2, 0) is 4.79 Å². The van der Waals surface area contributed by atoms with Crippen LogP contribution in [0.15, 0.2) is 42.5 Å². The molecule has 2 aromatic rings. The average Bonchev–Trinajstić information content (AvgIpc) is 2.64. The number of amides is 2. The average molecular weight is 394 g/mol. The summed E-state index contributed by atoms with van der Waals surface area (Å²) >= 11 is 11.9. The lowest BCUT2D eigenvalue weighted by molar-refractivity contribution is -0.114. The highest BCUT2D eigenvalue weighted by atomic mass is 35.5. The fraction of sp³-hybridized carbons (Fsp3) is 0.263. The first-order valence-corrected chi connectivity index (χ1v) is 9.08. The molecule has 0 aromatic heterocycles. The van der Waals surface area contributed by atoms with Crippen LogP contribution < -0.4 is 10.6 Å². The van der Waals surface area contributed by atoms with Gasteiger partial charge in [0.05, 0.1) is 17.3 Å². The largest absolute Gasteiger partial charge is 0.376 e. The summed E-state index contributed by atoms with van der Waals surface area (Å²) in [5, 5.41) is 6.62. The predicted molar refractivity (Wildman–Crippen MR) is 107 cm³/mol. The van der Waals surface area contributed by atoms with E-state index in [4.69, 9.17) is 23.2 Å². The number of benzene rings is 2. The highest BCUT2D eigenvalue weighted by Gasteiger charge is 2.12. The van der Waals surface area contributed by atoms with Gasteiger partial charge in [0.1, 0.15) is 0 Å². The molecule has 138 valence electrons. The number of halogens is 2. The lowest BCUT2D eigenvalue weighted by atomic mass is 10.2. The quantitative estimate of drug-likeness (QED) is 0.726. The SMILES string of the molecule is CCN(CC)C(=O)c1ccc(NCC(=O)Nc2cc(Cl)ccc2Cl)cc1. The topological polar surface area (TPSA) is 61.4 Å². The Balaban J connectivity index is 1.92. The highest BCUT2D eigenvalue weighted by molar-refractivity contribution is 6.35. The summed E-state index contributed by atoms with van der Waals surface area (Å²) in [7, 11) is 0. The van der Waals surface area contributed by atoms with E-state index in [0.29, 0.717) is 34.4 Å². The molecule has 0 spiro atoms. The van der Waals surface area contributed by atoms with E-state index >= 15 is 0 Å². The molecule has 2 aromatic carbocycles. The molecule has 0 saturated heterocycles. The van der Waals surface area contributed by atoms with Crippen LogP contribution in [-0.4, -0.2) is 36.3 Å². The van der Waals surface area contributed by atoms with Crippen molar-refractivity contribution in [2.24, 2.45) is 0 Å². The van der Waals surface area contributed by atoms with Crippen molar-refractivity contribution in [2.75, 3.05) is 30.3 Å². The van der Waals surface area contributed by atoms with Crippen LogP contribution in [0.2, 0.25) is 10.0 Å². The normalized spacial score (nSPS) is 10.3. The van der Waals surface area contributed by atoms with Gasteiger partial charge in [-0.25, -0.2) is 0 Å². The number of carbonyl (C=O) groups excluding carboxylic acids is 2. The van der Waals surface area contributed by atoms with Crippen molar-refractivity contribution < 1.29 is 9.59 Å². The summed E-state index contributed by atoms with van der Waals surface area (Å²) in [6.07, 6.45) is 0. The Hall–Kier alpha value is -2.24. The first kappa shape index (κ1) is 20.1. The number of carbonyl (C=O) groups is 2. The zero-order chi connectivity index (χ0) is 19.1. The number of nitrogens with one attached hydrogen (secondary N) is 2. The maximum atomic E-state index is 12.3. The van der Waals surface area contributed by atoms with E-state index < -0.39 is 0 Å². The van der Waals surface area contributed by atoms with Crippen LogP contribution in [0.5, 0.6) is 0 Å². The van der Waals surface area contributed by atoms with Crippen LogP contribution >= 0.6 is 23.2 Å². The van der Waals surface area contributed by atoms with Crippen LogP contribution in [0, 0.1) is 0 Å². The van der Waals surface area contributed by atoms with Gasteiger partial charge in [0, 0.05) is 29.4 Å². The minimum atomic E-state index is -0.252. The molecular formula is C19H21Cl2N3O2. The number of hydrogen-bond donors (Lipinski definition) is 2. The third-order valence-corrected chi connectivity index (χ3v) is 4.40. The minimum Gasteiger partial charge on any atom is -0.376 e. The van der Waals surface area contributed by atoms with Gasteiger partial charge in [-0.1, -0.05) is 23.2 Å². The Kier molecular flexibility index (Phi) is 7.30. The van der Waals surface area contributed by atoms with Gasteiger partial charge in [0.25, 0.3) is 5.91 Å². The van der Waals surface area contributed by atoms with Gasteiger partial charge in [0.2, 0.25) is 5.91 Å². The van der Waals surface area contributed by atoms with Crippen molar-refractivity contribution >= 4 is 46.4 Å². The van der Waals surface area contributed by atoms with Crippen LogP contribution in [0.4, 0.5) is 11.4 Å². The summed E-state index contributed by atoms with van der Waals surface area (Å²) in [4.78, 5) is 26.1. The van der Waals surface area contributed by atoms with Crippen LogP contribution in [0.1, 0.15) is 24.2 Å². The Morgan fingerprint density at radius 2 is 1.65 bits per heavy atom. The van der Waals surface area contributed by atoms with E-state index in [2.05, 4.69) is 10.6 Å². The van der Waals surface area contributed by atoms with Gasteiger partial charge < -0.3 is 15.5 Å². The summed E-state index contributed by atoms with van der Waals surface area (Å²) in [6, 6.07) is 11.9. The van der Waals surface area contributed by atoms with E-state index in [0.717, 1.165) is 5.69 Å². The van der Waals surface area contributed by atoms with Crippen molar-refractivity contribution in [1.29, 1.82) is 0 Å². The van der Waals surface area contributed by atoms with Gasteiger partial charge in [0.15, 0.2) is 0 Å². The van der Waals surface area contributed by atoms with E-state index in [9.17, 15) is 9.59 Å². The lowest BCUT2D eigenvalue weighted by Crippen LogP contribution is -2.30. The second-order valence-electron chi connectivity index (χ2n) is 5.58. The second kappa shape index (κ2) is 9.46. The molecule has 0 atom stereocenters. The van der Waals surface area contributed by atoms with Crippen molar-refractivity contribution in [3.05, 3.63) is 58.1 Å². The van der Waals surface area contributed by atoms with Gasteiger partial charge in [-0.15, -0.1) is 0 Å². The first-order chi connectivity index (χ1) is 12.4. The van der Waals surface area contributed by atoms with Crippen LogP contribution in [0.25, 0.3) is 0 Å². The Labute approximate surface area is 163 Å². The Morgan fingerprint density at radius 1 is 1.00 bits per heavy atom. The molecule has 7 heteroatoms. The van der Waals surface area contributed by atoms with Crippen molar-refractivity contribution in [2.45, 2.75) is 13.8 Å². The summed E-state index contributed by atoms with van der Waals surface area (Å²) < 4.78 is 0. The van der Waals surface area contributed by atoms with Crippen molar-refractivity contribution in [1.82, 2.24) is 4.90 Å². The predicted octanol–water partition coefficient (Wildman–Crippen LogP) is 4.53. The van der Waals surface area contributed by atoms with Gasteiger partial charge in [-0.3, -0.25) is 9.59 Å². The van der Waals surface area contributed by atoms with E-state index in [1.54, 1.807) is 47.4 Å². The standard InChI is InChI=1S/C19H21Cl2N3O2/c1-3-24(4-2)19(26)13-5-8-15(9-6-13)22-12-18(25)23-17-11-14(20)7-10-16(17)21/h5-11,22H,3-4,12H2,1-2H3,(H,23,25). The van der Waals surface area contributed by atoms with E-state index in [1.165, 1.54) is 0 Å². The lowest BCUT2D eigenvalue weighted by Gasteiger charge is -2.18. The maximum Gasteiger partial charge on any atom is 0.253 e. The van der Waals surface area contributed by atoms with Gasteiger partial charge >= 0.3 is 0 Å². The van der Waals surface area contributed by atoms with Gasteiger partial charge in [-0.2, -0.15) is 0 Å². The third kappa shape index (κ3) is 5.38. The Bertz CT molecular complexity index is 775. The number of nitrogens with zero attached hydrogens (tertiary/aromatic N) is 1. The summed E-state index contributed by atoms with van der Waals surface area (Å²) in [5.74, 6) is -0.257. The van der Waals surface area contributed by atoms with Crippen LogP contribution in [0.3, 0.4) is 0 Å². The number of hydrogen-bond acceptors (Lipinski definition) is 3. The molecule has 0 aliphatic heterocycles. The fourth-order valence-corrected chi connectivity index (χ4v) is 2.73. The molecule has 5 nitrogen and oxygen atoms in total. The molecule has 0 saturated carbocycles. The third-order valence-electron chi connectivity index (χ3n) is 3.84. The number of rotatable bonds is 7. The first-order valence-electron chi connectivity index (χ1n) is 8.32. The Morgan fingerprint density at radius 3 is 2.27 bits per heavy atom. The molecule has 2 rings (SSSR count). The van der Waals surface area contributed by atoms with Crippen molar-refractivity contribution in [3.8, 4) is 0 Å². The van der Waals surface area contributed by atoms with E-state index in [1.807, 2.05) is 13.8 Å². The number of anilines is 2. The summed E-state index contributed by atoms with van der Waals surface area (Å²) in [6.45, 7) is 5.29. The molecule has 0 radical (unpaired) electrons. The molecule has 2 N–H and O–H groups in total. The molecule has 0 bridgehead atoms. The molecule has 0 fully saturated rings. The monoisotopic (exact) mass is 393 g/mol. The molecular weight excluding hydrogens is 373 g/mol. The molecule has 0 aliphatic carbocycles. The maximum absolute atomic E-state index is 12.3. The molecule has 26 heavy (non-hydrogen) atoms. The minimum absolute atomic E-state index is 0.00473. The van der Waals surface area contributed by atoms with E-state index in [-0.39, 0.29) is 18.4 Å². The zero-order valence-corrected chi connectivity index (χ0v) is 16.2. The van der Waals surface area contributed by atoms with Gasteiger partial charge in [-0.05, 0) is 56.3 Å². The summed E-state index contributed by atoms with van der Waals surface area (Å²) in [5.41, 5.74) is 1.83. The smallest absolute Gasteiger partial charge is 0.253 e.